The van der Waals surface area contributed by atoms with Gasteiger partial charge in [0, 0.05) is 23.2 Å². The van der Waals surface area contributed by atoms with Crippen LogP contribution in [0.4, 0.5) is 5.69 Å². The molecule has 1 fully saturated rings. The third-order valence-corrected chi connectivity index (χ3v) is 5.31. The molecule has 23 heavy (non-hydrogen) atoms. The molecule has 4 nitrogen and oxygen atoms in total. The van der Waals surface area contributed by atoms with Gasteiger partial charge in [0.15, 0.2) is 0 Å². The van der Waals surface area contributed by atoms with E-state index >= 15 is 0 Å². The summed E-state index contributed by atoms with van der Waals surface area (Å²) in [7, 11) is 0. The molecule has 1 aromatic heterocycles. The number of rotatable bonds is 3. The van der Waals surface area contributed by atoms with Gasteiger partial charge in [-0.2, -0.15) is 0 Å². The molecule has 0 bridgehead atoms. The van der Waals surface area contributed by atoms with Gasteiger partial charge in [-0.1, -0.05) is 22.0 Å². The minimum Gasteiger partial charge on any atom is -0.337 e. The second-order valence-corrected chi connectivity index (χ2v) is 7.43. The van der Waals surface area contributed by atoms with Gasteiger partial charge in [0.25, 0.3) is 5.91 Å². The molecule has 6 heteroatoms. The monoisotopic (exact) mass is 392 g/mol. The molecule has 2 aromatic rings. The maximum Gasteiger partial charge on any atom is 0.263 e. The van der Waals surface area contributed by atoms with Crippen LogP contribution in [-0.4, -0.2) is 29.8 Å². The molecule has 1 aliphatic rings. The predicted octanol–water partition coefficient (Wildman–Crippen LogP) is 4.00. The van der Waals surface area contributed by atoms with Gasteiger partial charge in [-0.25, -0.2) is 0 Å². The van der Waals surface area contributed by atoms with Crippen molar-refractivity contribution in [2.45, 2.75) is 12.8 Å². The number of thiophene rings is 1. The number of likely N-dealkylation sites (tertiary alicyclic amines) is 1. The van der Waals surface area contributed by atoms with Gasteiger partial charge >= 0.3 is 0 Å². The normalized spacial score (nSPS) is 17.8. The van der Waals surface area contributed by atoms with Crippen LogP contribution in [0.15, 0.2) is 46.3 Å². The summed E-state index contributed by atoms with van der Waals surface area (Å²) in [4.78, 5) is 27.4. The van der Waals surface area contributed by atoms with Crippen molar-refractivity contribution in [3.8, 4) is 0 Å². The van der Waals surface area contributed by atoms with E-state index in [0.29, 0.717) is 6.54 Å². The van der Waals surface area contributed by atoms with Crippen LogP contribution in [0.5, 0.6) is 0 Å². The molecule has 1 aromatic carbocycles. The lowest BCUT2D eigenvalue weighted by Gasteiger charge is -2.31. The van der Waals surface area contributed by atoms with Crippen molar-refractivity contribution in [1.29, 1.82) is 0 Å². The first kappa shape index (κ1) is 16.2. The van der Waals surface area contributed by atoms with Crippen LogP contribution < -0.4 is 5.32 Å². The maximum absolute atomic E-state index is 12.4. The highest BCUT2D eigenvalue weighted by Crippen LogP contribution is 2.22. The zero-order chi connectivity index (χ0) is 16.2. The number of anilines is 1. The van der Waals surface area contributed by atoms with E-state index < -0.39 is 0 Å². The molecular weight excluding hydrogens is 376 g/mol. The van der Waals surface area contributed by atoms with Gasteiger partial charge in [-0.3, -0.25) is 9.59 Å². The minimum absolute atomic E-state index is 0.0176. The molecule has 0 spiro atoms. The largest absolute Gasteiger partial charge is 0.337 e. The molecule has 0 radical (unpaired) electrons. The van der Waals surface area contributed by atoms with Crippen molar-refractivity contribution < 1.29 is 9.59 Å². The minimum atomic E-state index is -0.156. The summed E-state index contributed by atoms with van der Waals surface area (Å²) in [6.07, 6.45) is 1.67. The fraction of sp³-hybridized carbons (Fsp3) is 0.294. The first-order chi connectivity index (χ1) is 11.1. The highest BCUT2D eigenvalue weighted by molar-refractivity contribution is 9.10. The Bertz CT molecular complexity index is 685. The van der Waals surface area contributed by atoms with Crippen molar-refractivity contribution in [2.75, 3.05) is 18.4 Å². The van der Waals surface area contributed by atoms with E-state index in [1.54, 1.807) is 4.90 Å². The molecule has 1 atom stereocenters. The third kappa shape index (κ3) is 4.00. The Morgan fingerprint density at radius 2 is 2.00 bits per heavy atom. The van der Waals surface area contributed by atoms with E-state index in [1.807, 2.05) is 41.8 Å². The fourth-order valence-corrected chi connectivity index (χ4v) is 3.66. The quantitative estimate of drug-likeness (QED) is 0.857. The predicted molar refractivity (Wildman–Crippen MR) is 95.7 cm³/mol. The number of amides is 2. The fourth-order valence-electron chi connectivity index (χ4n) is 2.71. The summed E-state index contributed by atoms with van der Waals surface area (Å²) in [6, 6.07) is 11.2. The molecule has 120 valence electrons. The van der Waals surface area contributed by atoms with Crippen molar-refractivity contribution in [3.63, 3.8) is 0 Å². The average Bonchev–Trinajstić information content (AvgIpc) is 3.11. The maximum atomic E-state index is 12.4. The Morgan fingerprint density at radius 3 is 2.70 bits per heavy atom. The second kappa shape index (κ2) is 7.27. The number of hydrogen-bond donors (Lipinski definition) is 1. The Balaban J connectivity index is 1.62. The highest BCUT2D eigenvalue weighted by atomic mass is 79.9. The average molecular weight is 393 g/mol. The molecule has 1 aliphatic heterocycles. The lowest BCUT2D eigenvalue weighted by Crippen LogP contribution is -2.43. The zero-order valence-corrected chi connectivity index (χ0v) is 14.9. The van der Waals surface area contributed by atoms with Gasteiger partial charge in [-0.05, 0) is 48.6 Å². The van der Waals surface area contributed by atoms with Gasteiger partial charge in [0.2, 0.25) is 5.91 Å². The van der Waals surface area contributed by atoms with Crippen LogP contribution in [0, 0.1) is 5.92 Å². The number of carbonyl (C=O) groups is 2. The van der Waals surface area contributed by atoms with E-state index in [2.05, 4.69) is 21.2 Å². The molecule has 2 amide bonds. The van der Waals surface area contributed by atoms with Crippen molar-refractivity contribution in [3.05, 3.63) is 51.1 Å². The van der Waals surface area contributed by atoms with E-state index in [1.165, 1.54) is 11.3 Å². The molecule has 2 heterocycles. The van der Waals surface area contributed by atoms with Crippen molar-refractivity contribution >= 4 is 44.8 Å². The number of hydrogen-bond acceptors (Lipinski definition) is 3. The zero-order valence-electron chi connectivity index (χ0n) is 12.5. The van der Waals surface area contributed by atoms with E-state index in [-0.39, 0.29) is 17.7 Å². The molecule has 1 N–H and O–H groups in total. The SMILES string of the molecule is O=C(Nc1ccc(Br)cc1)[C@@H]1CCCN(C(=O)c2cccs2)C1. The summed E-state index contributed by atoms with van der Waals surface area (Å²) in [6.45, 7) is 1.21. The first-order valence-electron chi connectivity index (χ1n) is 7.52. The number of halogens is 1. The Hall–Kier alpha value is -1.66. The standard InChI is InChI=1S/C17H17BrN2O2S/c18-13-5-7-14(8-6-13)19-16(21)12-3-1-9-20(11-12)17(22)15-4-2-10-23-15/h2,4-8,10,12H,1,3,9,11H2,(H,19,21)/t12-/m1/s1. The van der Waals surface area contributed by atoms with Gasteiger partial charge in [-0.15, -0.1) is 11.3 Å². The lowest BCUT2D eigenvalue weighted by molar-refractivity contribution is -0.121. The summed E-state index contributed by atoms with van der Waals surface area (Å²) in [5.74, 6) is -0.145. The van der Waals surface area contributed by atoms with Crippen LogP contribution >= 0.6 is 27.3 Å². The van der Waals surface area contributed by atoms with Gasteiger partial charge in [0.1, 0.15) is 0 Å². The molecule has 0 aliphatic carbocycles. The summed E-state index contributed by atoms with van der Waals surface area (Å²) in [5, 5.41) is 4.84. The molecule has 3 rings (SSSR count). The van der Waals surface area contributed by atoms with E-state index in [4.69, 9.17) is 0 Å². The highest BCUT2D eigenvalue weighted by Gasteiger charge is 2.29. The summed E-state index contributed by atoms with van der Waals surface area (Å²) in [5.41, 5.74) is 0.778. The number of piperidine rings is 1. The molecule has 0 saturated carbocycles. The van der Waals surface area contributed by atoms with Gasteiger partial charge in [0.05, 0.1) is 10.8 Å². The van der Waals surface area contributed by atoms with Crippen molar-refractivity contribution in [1.82, 2.24) is 4.90 Å². The Morgan fingerprint density at radius 1 is 1.22 bits per heavy atom. The third-order valence-electron chi connectivity index (χ3n) is 3.92. The van der Waals surface area contributed by atoms with Crippen LogP contribution in [0.3, 0.4) is 0 Å². The summed E-state index contributed by atoms with van der Waals surface area (Å²) < 4.78 is 0.973. The Kier molecular flexibility index (Phi) is 5.13. The van der Waals surface area contributed by atoms with Crippen LogP contribution in [0.25, 0.3) is 0 Å². The van der Waals surface area contributed by atoms with Crippen LogP contribution in [-0.2, 0) is 4.79 Å². The number of benzene rings is 1. The van der Waals surface area contributed by atoms with Crippen LogP contribution in [0.2, 0.25) is 0 Å². The van der Waals surface area contributed by atoms with Crippen molar-refractivity contribution in [2.24, 2.45) is 5.92 Å². The van der Waals surface area contributed by atoms with E-state index in [9.17, 15) is 9.59 Å². The van der Waals surface area contributed by atoms with Gasteiger partial charge < -0.3 is 10.2 Å². The number of nitrogens with zero attached hydrogens (tertiary/aromatic N) is 1. The topological polar surface area (TPSA) is 49.4 Å². The molecule has 1 saturated heterocycles. The number of nitrogens with one attached hydrogen (secondary N) is 1. The molecular formula is C17H17BrN2O2S. The van der Waals surface area contributed by atoms with E-state index in [0.717, 1.165) is 34.4 Å². The van der Waals surface area contributed by atoms with Crippen LogP contribution in [0.1, 0.15) is 22.5 Å². The summed E-state index contributed by atoms with van der Waals surface area (Å²) >= 11 is 4.82. The second-order valence-electron chi connectivity index (χ2n) is 5.56. The number of carbonyl (C=O) groups excluding carboxylic acids is 2. The first-order valence-corrected chi connectivity index (χ1v) is 9.20. The molecule has 0 unspecified atom stereocenters. The lowest BCUT2D eigenvalue weighted by atomic mass is 9.97. The Labute approximate surface area is 147 Å². The smallest absolute Gasteiger partial charge is 0.263 e.